The molecule has 0 heterocycles. The standard InChI is InChI=1S/C21H45O4P/c1-23-16-10-4-7-13-19-26(22,20-14-8-5-11-17-24-2)21-15-9-6-12-18-25-3/h4-21H2,1-3H3. The zero-order valence-corrected chi connectivity index (χ0v) is 18.7. The fourth-order valence-electron chi connectivity index (χ4n) is 3.34. The fourth-order valence-corrected chi connectivity index (χ4v) is 6.41. The quantitative estimate of drug-likeness (QED) is 0.178. The molecule has 0 aromatic carbocycles. The first-order chi connectivity index (χ1) is 12.7. The van der Waals surface area contributed by atoms with Crippen LogP contribution in [-0.4, -0.2) is 59.6 Å². The van der Waals surface area contributed by atoms with Crippen molar-refractivity contribution in [2.75, 3.05) is 59.6 Å². The Morgan fingerprint density at radius 2 is 0.731 bits per heavy atom. The lowest BCUT2D eigenvalue weighted by Gasteiger charge is -2.18. The van der Waals surface area contributed by atoms with Gasteiger partial charge in [0.25, 0.3) is 0 Å². The van der Waals surface area contributed by atoms with Crippen molar-refractivity contribution in [2.24, 2.45) is 0 Å². The van der Waals surface area contributed by atoms with Gasteiger partial charge >= 0.3 is 0 Å². The minimum Gasteiger partial charge on any atom is -0.385 e. The van der Waals surface area contributed by atoms with Crippen molar-refractivity contribution < 1.29 is 18.8 Å². The Labute approximate surface area is 163 Å². The molecule has 0 unspecified atom stereocenters. The molecule has 0 aliphatic rings. The van der Waals surface area contributed by atoms with Crippen LogP contribution in [0.2, 0.25) is 0 Å². The highest BCUT2D eigenvalue weighted by molar-refractivity contribution is 7.63. The van der Waals surface area contributed by atoms with Crippen LogP contribution in [0, 0.1) is 0 Å². The molecule has 0 aromatic heterocycles. The van der Waals surface area contributed by atoms with Crippen molar-refractivity contribution in [1.82, 2.24) is 0 Å². The number of hydrogen-bond donors (Lipinski definition) is 0. The number of hydrogen-bond acceptors (Lipinski definition) is 4. The topological polar surface area (TPSA) is 44.8 Å². The third kappa shape index (κ3) is 17.5. The molecular formula is C21H45O4P. The van der Waals surface area contributed by atoms with Gasteiger partial charge in [-0.1, -0.05) is 38.5 Å². The smallest absolute Gasteiger partial charge is 0.0877 e. The first-order valence-corrected chi connectivity index (χ1v) is 13.0. The Kier molecular flexibility index (Phi) is 19.9. The summed E-state index contributed by atoms with van der Waals surface area (Å²) in [7, 11) is 3.29. The van der Waals surface area contributed by atoms with Gasteiger partial charge in [-0.25, -0.2) is 0 Å². The summed E-state index contributed by atoms with van der Waals surface area (Å²) in [5.41, 5.74) is 0. The highest BCUT2D eigenvalue weighted by Gasteiger charge is 2.20. The molecule has 26 heavy (non-hydrogen) atoms. The van der Waals surface area contributed by atoms with Gasteiger partial charge in [-0.15, -0.1) is 0 Å². The van der Waals surface area contributed by atoms with Crippen LogP contribution < -0.4 is 0 Å². The van der Waals surface area contributed by atoms with Gasteiger partial charge in [0, 0.05) is 59.6 Å². The van der Waals surface area contributed by atoms with E-state index in [1.165, 1.54) is 38.5 Å². The molecule has 5 heteroatoms. The summed E-state index contributed by atoms with van der Waals surface area (Å²) in [6.07, 6.45) is 16.8. The minimum absolute atomic E-state index is 0.848. The average molecular weight is 393 g/mol. The summed E-state index contributed by atoms with van der Waals surface area (Å²) >= 11 is 0. The molecule has 0 aliphatic heterocycles. The van der Waals surface area contributed by atoms with Gasteiger partial charge in [0.15, 0.2) is 0 Å². The monoisotopic (exact) mass is 392 g/mol. The first-order valence-electron chi connectivity index (χ1n) is 10.7. The Hall–Kier alpha value is 0.110. The van der Waals surface area contributed by atoms with E-state index >= 15 is 0 Å². The van der Waals surface area contributed by atoms with Crippen LogP contribution in [-0.2, 0) is 18.8 Å². The van der Waals surface area contributed by atoms with Gasteiger partial charge in [-0.05, 0) is 38.5 Å². The van der Waals surface area contributed by atoms with Crippen molar-refractivity contribution in [3.8, 4) is 0 Å². The molecule has 0 aromatic rings. The summed E-state index contributed by atoms with van der Waals surface area (Å²) in [6.45, 7) is 2.54. The van der Waals surface area contributed by atoms with Crippen LogP contribution in [0.5, 0.6) is 0 Å². The molecule has 0 saturated heterocycles. The van der Waals surface area contributed by atoms with Gasteiger partial charge < -0.3 is 18.8 Å². The van der Waals surface area contributed by atoms with E-state index in [0.717, 1.165) is 76.8 Å². The van der Waals surface area contributed by atoms with E-state index in [9.17, 15) is 4.57 Å². The lowest BCUT2D eigenvalue weighted by molar-refractivity contribution is 0.192. The van der Waals surface area contributed by atoms with E-state index in [1.807, 2.05) is 0 Å². The van der Waals surface area contributed by atoms with E-state index in [1.54, 1.807) is 21.3 Å². The highest BCUT2D eigenvalue weighted by atomic mass is 31.2. The average Bonchev–Trinajstić information content (AvgIpc) is 2.64. The van der Waals surface area contributed by atoms with Crippen LogP contribution in [0.3, 0.4) is 0 Å². The third-order valence-electron chi connectivity index (χ3n) is 4.99. The zero-order chi connectivity index (χ0) is 19.3. The largest absolute Gasteiger partial charge is 0.385 e. The normalized spacial score (nSPS) is 12.0. The summed E-state index contributed by atoms with van der Waals surface area (Å²) in [5, 5.41) is 0. The molecular weight excluding hydrogens is 347 g/mol. The van der Waals surface area contributed by atoms with Crippen LogP contribution in [0.25, 0.3) is 0 Å². The highest BCUT2D eigenvalue weighted by Crippen LogP contribution is 2.48. The van der Waals surface area contributed by atoms with Gasteiger partial charge in [-0.3, -0.25) is 0 Å². The van der Waals surface area contributed by atoms with Crippen LogP contribution in [0.15, 0.2) is 0 Å². The predicted octanol–water partition coefficient (Wildman–Crippen LogP) is 5.97. The van der Waals surface area contributed by atoms with Gasteiger partial charge in [-0.2, -0.15) is 0 Å². The SMILES string of the molecule is COCCCCCCP(=O)(CCCCCCOC)CCCCCCOC. The van der Waals surface area contributed by atoms with Crippen molar-refractivity contribution in [3.05, 3.63) is 0 Å². The van der Waals surface area contributed by atoms with E-state index < -0.39 is 7.14 Å². The molecule has 0 aliphatic carbocycles. The molecule has 0 rings (SSSR count). The Bertz CT molecular complexity index is 276. The van der Waals surface area contributed by atoms with Gasteiger partial charge in [0.1, 0.15) is 0 Å². The molecule has 4 nitrogen and oxygen atoms in total. The van der Waals surface area contributed by atoms with Crippen molar-refractivity contribution >= 4 is 7.14 Å². The Balaban J connectivity index is 4.04. The summed E-state index contributed by atoms with van der Waals surface area (Å²) < 4.78 is 28.7. The summed E-state index contributed by atoms with van der Waals surface area (Å²) in [5.74, 6) is 0. The van der Waals surface area contributed by atoms with Crippen molar-refractivity contribution in [1.29, 1.82) is 0 Å². The number of unbranched alkanes of at least 4 members (excludes halogenated alkanes) is 9. The van der Waals surface area contributed by atoms with E-state index in [4.69, 9.17) is 14.2 Å². The van der Waals surface area contributed by atoms with Crippen LogP contribution in [0.1, 0.15) is 77.0 Å². The zero-order valence-electron chi connectivity index (χ0n) is 17.8. The van der Waals surface area contributed by atoms with Crippen molar-refractivity contribution in [2.45, 2.75) is 77.0 Å². The van der Waals surface area contributed by atoms with E-state index in [0.29, 0.717) is 0 Å². The van der Waals surface area contributed by atoms with E-state index in [-0.39, 0.29) is 0 Å². The molecule has 0 bridgehead atoms. The van der Waals surface area contributed by atoms with Gasteiger partial charge in [0.05, 0.1) is 7.14 Å². The maximum Gasteiger partial charge on any atom is 0.0877 e. The Morgan fingerprint density at radius 3 is 1.00 bits per heavy atom. The fraction of sp³-hybridized carbons (Fsp3) is 1.00. The summed E-state index contributed by atoms with van der Waals surface area (Å²) in [4.78, 5) is 0. The van der Waals surface area contributed by atoms with Crippen LogP contribution >= 0.6 is 7.14 Å². The molecule has 0 spiro atoms. The molecule has 158 valence electrons. The first kappa shape index (κ1) is 26.1. The maximum atomic E-state index is 13.4. The lowest BCUT2D eigenvalue weighted by atomic mass is 10.2. The number of methoxy groups -OCH3 is 3. The molecule has 0 atom stereocenters. The Morgan fingerprint density at radius 1 is 0.462 bits per heavy atom. The molecule has 0 amide bonds. The lowest BCUT2D eigenvalue weighted by Crippen LogP contribution is -2.02. The number of ether oxygens (including phenoxy) is 3. The minimum atomic E-state index is -1.98. The van der Waals surface area contributed by atoms with Crippen LogP contribution in [0.4, 0.5) is 0 Å². The predicted molar refractivity (Wildman–Crippen MR) is 113 cm³/mol. The second kappa shape index (κ2) is 19.9. The second-order valence-corrected chi connectivity index (χ2v) is 10.9. The van der Waals surface area contributed by atoms with Gasteiger partial charge in [0.2, 0.25) is 0 Å². The molecule has 0 fully saturated rings. The maximum absolute atomic E-state index is 13.4. The van der Waals surface area contributed by atoms with E-state index in [2.05, 4.69) is 0 Å². The molecule has 0 N–H and O–H groups in total. The molecule has 0 saturated carbocycles. The second-order valence-electron chi connectivity index (χ2n) is 7.45. The van der Waals surface area contributed by atoms with Crippen molar-refractivity contribution in [3.63, 3.8) is 0 Å². The molecule has 0 radical (unpaired) electrons. The summed E-state index contributed by atoms with van der Waals surface area (Å²) in [6, 6.07) is 0. The number of rotatable bonds is 21. The third-order valence-corrected chi connectivity index (χ3v) is 8.39.